The topological polar surface area (TPSA) is 105 Å². The van der Waals surface area contributed by atoms with Crippen LogP contribution in [0.1, 0.15) is 59.8 Å². The third-order valence-electron chi connectivity index (χ3n) is 4.84. The molecule has 0 bridgehead atoms. The van der Waals surface area contributed by atoms with Gasteiger partial charge in [-0.25, -0.2) is 4.79 Å². The molecular weight excluding hydrogens is 342 g/mol. The van der Waals surface area contributed by atoms with E-state index >= 15 is 0 Å². The number of H-pyrrole nitrogens is 1. The minimum absolute atomic E-state index is 0.175. The number of imidazole rings is 1. The van der Waals surface area contributed by atoms with Gasteiger partial charge in [-0.15, -0.1) is 0 Å². The zero-order chi connectivity index (χ0) is 19.8. The number of hydrogen-bond donors (Lipinski definition) is 3. The van der Waals surface area contributed by atoms with Gasteiger partial charge in [-0.2, -0.15) is 9.97 Å². The van der Waals surface area contributed by atoms with Crippen molar-refractivity contribution in [1.82, 2.24) is 24.4 Å². The summed E-state index contributed by atoms with van der Waals surface area (Å²) >= 11 is 0. The Morgan fingerprint density at radius 3 is 2.63 bits per heavy atom. The van der Waals surface area contributed by atoms with Gasteiger partial charge in [0.25, 0.3) is 0 Å². The Labute approximate surface area is 161 Å². The predicted octanol–water partition coefficient (Wildman–Crippen LogP) is 2.81. The minimum Gasteiger partial charge on any atom is -0.382 e. The Kier molecular flexibility index (Phi) is 8.09. The van der Waals surface area contributed by atoms with Gasteiger partial charge >= 0.3 is 5.69 Å². The average Bonchev–Trinajstić information content (AvgIpc) is 2.94. The van der Waals surface area contributed by atoms with E-state index in [1.54, 1.807) is 4.57 Å². The van der Waals surface area contributed by atoms with Gasteiger partial charge in [0, 0.05) is 12.6 Å². The largest absolute Gasteiger partial charge is 0.382 e. The van der Waals surface area contributed by atoms with Gasteiger partial charge < -0.3 is 20.9 Å². The molecule has 1 atom stereocenters. The van der Waals surface area contributed by atoms with E-state index in [-0.39, 0.29) is 11.7 Å². The SMILES string of the molecule is CCC[C@H](C)Nc1nc(N)c2[nH]c(=O)n(CCCCN(CC)CCC)c2n1. The lowest BCUT2D eigenvalue weighted by Gasteiger charge is -2.19. The van der Waals surface area contributed by atoms with Crippen molar-refractivity contribution >= 4 is 22.9 Å². The maximum atomic E-state index is 12.4. The molecular formula is C19H35N7O. The summed E-state index contributed by atoms with van der Waals surface area (Å²) in [6, 6.07) is 0.254. The highest BCUT2D eigenvalue weighted by atomic mass is 16.1. The second kappa shape index (κ2) is 10.3. The minimum atomic E-state index is -0.175. The van der Waals surface area contributed by atoms with Crippen LogP contribution < -0.4 is 16.7 Å². The van der Waals surface area contributed by atoms with Crippen LogP contribution in [-0.4, -0.2) is 50.1 Å². The van der Waals surface area contributed by atoms with Crippen LogP contribution in [0.15, 0.2) is 4.79 Å². The first-order chi connectivity index (χ1) is 13.0. The normalized spacial score (nSPS) is 12.8. The molecule has 0 spiro atoms. The highest BCUT2D eigenvalue weighted by molar-refractivity contribution is 5.82. The number of rotatable bonds is 12. The lowest BCUT2D eigenvalue weighted by molar-refractivity contribution is 0.280. The fourth-order valence-corrected chi connectivity index (χ4v) is 3.40. The highest BCUT2D eigenvalue weighted by Crippen LogP contribution is 2.18. The molecule has 0 saturated carbocycles. The van der Waals surface area contributed by atoms with Crippen molar-refractivity contribution in [1.29, 1.82) is 0 Å². The number of nitrogens with two attached hydrogens (primary N) is 1. The second-order valence-electron chi connectivity index (χ2n) is 7.19. The molecule has 2 heterocycles. The first-order valence-corrected chi connectivity index (χ1v) is 10.2. The van der Waals surface area contributed by atoms with Crippen molar-refractivity contribution in [3.63, 3.8) is 0 Å². The van der Waals surface area contributed by atoms with Crippen molar-refractivity contribution in [2.75, 3.05) is 30.7 Å². The monoisotopic (exact) mass is 377 g/mol. The van der Waals surface area contributed by atoms with E-state index in [0.29, 0.717) is 29.5 Å². The Balaban J connectivity index is 2.10. The maximum absolute atomic E-state index is 12.4. The van der Waals surface area contributed by atoms with Gasteiger partial charge in [-0.1, -0.05) is 27.2 Å². The Hall–Kier alpha value is -2.09. The lowest BCUT2D eigenvalue weighted by atomic mass is 10.2. The van der Waals surface area contributed by atoms with E-state index in [2.05, 4.69) is 52.9 Å². The smallest absolute Gasteiger partial charge is 0.327 e. The molecule has 0 saturated heterocycles. The molecule has 0 fully saturated rings. The molecule has 27 heavy (non-hydrogen) atoms. The highest BCUT2D eigenvalue weighted by Gasteiger charge is 2.14. The summed E-state index contributed by atoms with van der Waals surface area (Å²) in [4.78, 5) is 26.5. The molecule has 2 aromatic rings. The van der Waals surface area contributed by atoms with Crippen LogP contribution in [-0.2, 0) is 6.54 Å². The fraction of sp³-hybridized carbons (Fsp3) is 0.737. The Morgan fingerprint density at radius 1 is 1.19 bits per heavy atom. The summed E-state index contributed by atoms with van der Waals surface area (Å²) in [7, 11) is 0. The van der Waals surface area contributed by atoms with E-state index < -0.39 is 0 Å². The number of nitrogen functional groups attached to an aromatic ring is 1. The standard InChI is InChI=1S/C19H35N7O/c1-5-10-14(4)21-18-23-16(20)15-17(24-18)26(19(27)22-15)13-9-8-12-25(7-3)11-6-2/h14H,5-13H2,1-4H3,(H,22,27)(H3,20,21,23,24)/t14-/m0/s1. The Bertz CT molecular complexity index is 767. The summed E-state index contributed by atoms with van der Waals surface area (Å²) in [5, 5.41) is 3.28. The van der Waals surface area contributed by atoms with Crippen LogP contribution in [0.4, 0.5) is 11.8 Å². The molecule has 4 N–H and O–H groups in total. The van der Waals surface area contributed by atoms with Gasteiger partial charge in [0.1, 0.15) is 5.52 Å². The quantitative estimate of drug-likeness (QED) is 0.491. The van der Waals surface area contributed by atoms with Crippen LogP contribution in [0.3, 0.4) is 0 Å². The summed E-state index contributed by atoms with van der Waals surface area (Å²) in [6.07, 6.45) is 5.23. The van der Waals surface area contributed by atoms with Gasteiger partial charge in [0.05, 0.1) is 0 Å². The lowest BCUT2D eigenvalue weighted by Crippen LogP contribution is -2.26. The summed E-state index contributed by atoms with van der Waals surface area (Å²) in [5.41, 5.74) is 6.98. The van der Waals surface area contributed by atoms with Crippen molar-refractivity contribution in [2.45, 2.75) is 72.4 Å². The average molecular weight is 378 g/mol. The van der Waals surface area contributed by atoms with E-state index in [1.807, 2.05) is 0 Å². The number of nitrogens with one attached hydrogen (secondary N) is 2. The molecule has 0 aliphatic heterocycles. The van der Waals surface area contributed by atoms with E-state index in [1.165, 1.54) is 0 Å². The third kappa shape index (κ3) is 5.69. The summed E-state index contributed by atoms with van der Waals surface area (Å²) < 4.78 is 1.68. The number of aromatic amines is 1. The van der Waals surface area contributed by atoms with Crippen molar-refractivity contribution < 1.29 is 0 Å². The number of anilines is 2. The molecule has 152 valence electrons. The molecule has 0 aliphatic rings. The second-order valence-corrected chi connectivity index (χ2v) is 7.19. The van der Waals surface area contributed by atoms with Crippen molar-refractivity contribution in [3.05, 3.63) is 10.5 Å². The zero-order valence-electron chi connectivity index (χ0n) is 17.2. The first kappa shape index (κ1) is 21.2. The number of aryl methyl sites for hydroxylation is 1. The zero-order valence-corrected chi connectivity index (χ0v) is 17.2. The molecule has 0 aliphatic carbocycles. The van der Waals surface area contributed by atoms with E-state index in [4.69, 9.17) is 5.73 Å². The molecule has 2 aromatic heterocycles. The Morgan fingerprint density at radius 2 is 1.96 bits per heavy atom. The van der Waals surface area contributed by atoms with E-state index in [0.717, 1.165) is 51.7 Å². The van der Waals surface area contributed by atoms with Crippen LogP contribution in [0.5, 0.6) is 0 Å². The van der Waals surface area contributed by atoms with E-state index in [9.17, 15) is 4.79 Å². The number of aromatic nitrogens is 4. The van der Waals surface area contributed by atoms with Crippen LogP contribution in [0.25, 0.3) is 11.2 Å². The third-order valence-corrected chi connectivity index (χ3v) is 4.84. The van der Waals surface area contributed by atoms with Gasteiger partial charge in [-0.3, -0.25) is 4.57 Å². The molecule has 2 rings (SSSR count). The van der Waals surface area contributed by atoms with Gasteiger partial charge in [-0.05, 0) is 52.2 Å². The number of nitrogens with zero attached hydrogens (tertiary/aromatic N) is 4. The first-order valence-electron chi connectivity index (χ1n) is 10.2. The summed E-state index contributed by atoms with van der Waals surface area (Å²) in [6.45, 7) is 12.5. The maximum Gasteiger partial charge on any atom is 0.327 e. The molecule has 0 aromatic carbocycles. The van der Waals surface area contributed by atoms with Crippen molar-refractivity contribution in [3.8, 4) is 0 Å². The molecule has 0 radical (unpaired) electrons. The number of fused-ring (bicyclic) bond motifs is 1. The molecule has 0 amide bonds. The molecule has 8 nitrogen and oxygen atoms in total. The van der Waals surface area contributed by atoms with Crippen molar-refractivity contribution in [2.24, 2.45) is 0 Å². The summed E-state index contributed by atoms with van der Waals surface area (Å²) in [5.74, 6) is 0.788. The molecule has 0 unspecified atom stereocenters. The van der Waals surface area contributed by atoms with Crippen LogP contribution in [0.2, 0.25) is 0 Å². The molecule has 8 heteroatoms. The predicted molar refractivity (Wildman–Crippen MR) is 112 cm³/mol. The van der Waals surface area contributed by atoms with Gasteiger partial charge in [0.2, 0.25) is 5.95 Å². The van der Waals surface area contributed by atoms with Crippen LogP contribution >= 0.6 is 0 Å². The van der Waals surface area contributed by atoms with Crippen LogP contribution in [0, 0.1) is 0 Å². The number of unbranched alkanes of at least 4 members (excludes halogenated alkanes) is 1. The van der Waals surface area contributed by atoms with Gasteiger partial charge in [0.15, 0.2) is 11.5 Å². The fourth-order valence-electron chi connectivity index (χ4n) is 3.40. The number of hydrogen-bond acceptors (Lipinski definition) is 6.